The first-order valence-corrected chi connectivity index (χ1v) is 10.0. The third kappa shape index (κ3) is 3.48. The predicted octanol–water partition coefficient (Wildman–Crippen LogP) is 1.31. The number of nitrogens with one attached hydrogen (secondary N) is 1. The normalized spacial score (nSPS) is 18.6. The number of aromatic nitrogens is 4. The van der Waals surface area contributed by atoms with Gasteiger partial charge in [0.05, 0.1) is 5.69 Å². The molecule has 0 unspecified atom stereocenters. The van der Waals surface area contributed by atoms with Crippen LogP contribution < -0.4 is 10.2 Å². The van der Waals surface area contributed by atoms with Crippen LogP contribution in [0.5, 0.6) is 0 Å². The van der Waals surface area contributed by atoms with Gasteiger partial charge in [0.25, 0.3) is 5.91 Å². The minimum absolute atomic E-state index is 0.159. The van der Waals surface area contributed by atoms with Gasteiger partial charge in [0.1, 0.15) is 11.6 Å². The fourth-order valence-electron chi connectivity index (χ4n) is 4.05. The van der Waals surface area contributed by atoms with Gasteiger partial charge in [0.15, 0.2) is 0 Å². The second-order valence-corrected chi connectivity index (χ2v) is 8.01. The highest BCUT2D eigenvalue weighted by Crippen LogP contribution is 2.24. The molecule has 0 saturated carbocycles. The van der Waals surface area contributed by atoms with Gasteiger partial charge in [-0.2, -0.15) is 0 Å². The third-order valence-electron chi connectivity index (χ3n) is 5.82. The standard InChI is InChI=1S/C20H29N7O/c1-13-14(2)23-18(20(28)25(3)4)24-19(13)26-9-7-15(12-26)21-10-16-11-22-17-6-5-8-27(16)17/h11,15,21H,5-10,12H2,1-4H3/t15-/m1/s1. The van der Waals surface area contributed by atoms with Crippen molar-refractivity contribution in [2.75, 3.05) is 32.1 Å². The van der Waals surface area contributed by atoms with E-state index in [1.807, 2.05) is 20.0 Å². The highest BCUT2D eigenvalue weighted by Gasteiger charge is 2.27. The summed E-state index contributed by atoms with van der Waals surface area (Å²) in [5.74, 6) is 2.21. The van der Waals surface area contributed by atoms with Crippen LogP contribution in [0.4, 0.5) is 5.82 Å². The minimum atomic E-state index is -0.159. The van der Waals surface area contributed by atoms with Crippen LogP contribution in [0.3, 0.4) is 0 Å². The Bertz CT molecular complexity index is 889. The number of nitrogens with zero attached hydrogens (tertiary/aromatic N) is 6. The maximum absolute atomic E-state index is 12.3. The number of carbonyl (C=O) groups excluding carboxylic acids is 1. The molecule has 150 valence electrons. The maximum atomic E-state index is 12.3. The number of anilines is 1. The fourth-order valence-corrected chi connectivity index (χ4v) is 4.05. The molecule has 0 bridgehead atoms. The van der Waals surface area contributed by atoms with Gasteiger partial charge >= 0.3 is 0 Å². The van der Waals surface area contributed by atoms with Gasteiger partial charge in [-0.05, 0) is 26.7 Å². The van der Waals surface area contributed by atoms with Crippen molar-refractivity contribution in [3.8, 4) is 0 Å². The van der Waals surface area contributed by atoms with Crippen LogP contribution in [0.1, 0.15) is 46.2 Å². The molecule has 2 aliphatic rings. The number of carbonyl (C=O) groups is 1. The molecule has 4 rings (SSSR count). The van der Waals surface area contributed by atoms with Gasteiger partial charge in [-0.25, -0.2) is 15.0 Å². The molecule has 2 aliphatic heterocycles. The Morgan fingerprint density at radius 3 is 2.89 bits per heavy atom. The summed E-state index contributed by atoms with van der Waals surface area (Å²) in [6.07, 6.45) is 5.36. The summed E-state index contributed by atoms with van der Waals surface area (Å²) in [5.41, 5.74) is 3.19. The molecule has 0 radical (unpaired) electrons. The highest BCUT2D eigenvalue weighted by atomic mass is 16.2. The smallest absolute Gasteiger partial charge is 0.291 e. The number of fused-ring (bicyclic) bond motifs is 1. The van der Waals surface area contributed by atoms with Gasteiger partial charge in [-0.1, -0.05) is 0 Å². The van der Waals surface area contributed by atoms with Crippen LogP contribution >= 0.6 is 0 Å². The van der Waals surface area contributed by atoms with Gasteiger partial charge in [0.2, 0.25) is 5.82 Å². The first-order valence-electron chi connectivity index (χ1n) is 10.0. The Morgan fingerprint density at radius 2 is 2.11 bits per heavy atom. The van der Waals surface area contributed by atoms with E-state index in [1.165, 1.54) is 22.8 Å². The van der Waals surface area contributed by atoms with E-state index in [9.17, 15) is 4.79 Å². The molecule has 2 aromatic heterocycles. The van der Waals surface area contributed by atoms with Crippen molar-refractivity contribution in [2.24, 2.45) is 0 Å². The zero-order valence-electron chi connectivity index (χ0n) is 17.2. The van der Waals surface area contributed by atoms with Crippen LogP contribution in [0.2, 0.25) is 0 Å². The number of imidazole rings is 1. The summed E-state index contributed by atoms with van der Waals surface area (Å²) < 4.78 is 2.34. The molecule has 1 atom stereocenters. The van der Waals surface area contributed by atoms with Crippen LogP contribution in [0.25, 0.3) is 0 Å². The molecule has 0 aromatic carbocycles. The first kappa shape index (κ1) is 18.9. The van der Waals surface area contributed by atoms with Crippen molar-refractivity contribution in [3.63, 3.8) is 0 Å². The van der Waals surface area contributed by atoms with E-state index >= 15 is 0 Å². The molecule has 2 aromatic rings. The average molecular weight is 384 g/mol. The van der Waals surface area contributed by atoms with Gasteiger partial charge in [0, 0.05) is 70.2 Å². The maximum Gasteiger partial charge on any atom is 0.291 e. The van der Waals surface area contributed by atoms with E-state index in [1.54, 1.807) is 14.1 Å². The molecular weight excluding hydrogens is 354 g/mol. The molecular formula is C20H29N7O. The molecule has 8 nitrogen and oxygen atoms in total. The second-order valence-electron chi connectivity index (χ2n) is 8.01. The van der Waals surface area contributed by atoms with Crippen molar-refractivity contribution < 1.29 is 4.79 Å². The molecule has 1 N–H and O–H groups in total. The van der Waals surface area contributed by atoms with E-state index in [2.05, 4.69) is 29.7 Å². The minimum Gasteiger partial charge on any atom is -0.355 e. The average Bonchev–Trinajstić information content (AvgIpc) is 3.38. The number of rotatable bonds is 5. The number of hydrogen-bond acceptors (Lipinski definition) is 6. The largest absolute Gasteiger partial charge is 0.355 e. The lowest BCUT2D eigenvalue weighted by Crippen LogP contribution is -2.33. The predicted molar refractivity (Wildman–Crippen MR) is 108 cm³/mol. The Morgan fingerprint density at radius 1 is 1.29 bits per heavy atom. The number of aryl methyl sites for hydroxylation is 2. The summed E-state index contributed by atoms with van der Waals surface area (Å²) in [5, 5.41) is 3.68. The van der Waals surface area contributed by atoms with Crippen LogP contribution in [0.15, 0.2) is 6.20 Å². The van der Waals surface area contributed by atoms with E-state index in [-0.39, 0.29) is 11.7 Å². The molecule has 1 fully saturated rings. The van der Waals surface area contributed by atoms with Crippen LogP contribution in [-0.4, -0.2) is 63.6 Å². The number of amides is 1. The summed E-state index contributed by atoms with van der Waals surface area (Å²) in [6, 6.07) is 0.398. The summed E-state index contributed by atoms with van der Waals surface area (Å²) in [6.45, 7) is 7.72. The molecule has 28 heavy (non-hydrogen) atoms. The Kier molecular flexibility index (Phi) is 5.05. The zero-order chi connectivity index (χ0) is 19.8. The summed E-state index contributed by atoms with van der Waals surface area (Å²) >= 11 is 0. The summed E-state index contributed by atoms with van der Waals surface area (Å²) in [4.78, 5) is 29.7. The SMILES string of the molecule is Cc1nc(C(=O)N(C)C)nc(N2CC[C@@H](NCc3cnc4n3CCC4)C2)c1C. The molecule has 1 saturated heterocycles. The van der Waals surface area contributed by atoms with Crippen LogP contribution in [0, 0.1) is 13.8 Å². The van der Waals surface area contributed by atoms with Gasteiger partial charge in [-0.15, -0.1) is 0 Å². The second kappa shape index (κ2) is 7.50. The van der Waals surface area contributed by atoms with Crippen molar-refractivity contribution in [1.82, 2.24) is 29.7 Å². The van der Waals surface area contributed by atoms with Gasteiger partial charge in [-0.3, -0.25) is 4.79 Å². The first-order chi connectivity index (χ1) is 13.4. The van der Waals surface area contributed by atoms with Gasteiger partial charge < -0.3 is 19.7 Å². The molecule has 8 heteroatoms. The molecule has 4 heterocycles. The van der Waals surface area contributed by atoms with Crippen LogP contribution in [-0.2, 0) is 19.5 Å². The topological polar surface area (TPSA) is 79.2 Å². The molecule has 0 spiro atoms. The van der Waals surface area contributed by atoms with Crippen molar-refractivity contribution in [3.05, 3.63) is 34.8 Å². The Hall–Kier alpha value is -2.48. The lowest BCUT2D eigenvalue weighted by molar-refractivity contribution is 0.0815. The van der Waals surface area contributed by atoms with E-state index in [0.29, 0.717) is 6.04 Å². The Labute approximate surface area is 166 Å². The van der Waals surface area contributed by atoms with Crippen molar-refractivity contribution in [1.29, 1.82) is 0 Å². The lowest BCUT2D eigenvalue weighted by Gasteiger charge is -2.22. The quantitative estimate of drug-likeness (QED) is 0.839. The summed E-state index contributed by atoms with van der Waals surface area (Å²) in [7, 11) is 3.45. The zero-order valence-corrected chi connectivity index (χ0v) is 17.2. The van der Waals surface area contributed by atoms with E-state index in [0.717, 1.165) is 56.1 Å². The van der Waals surface area contributed by atoms with E-state index in [4.69, 9.17) is 0 Å². The monoisotopic (exact) mass is 383 g/mol. The molecule has 0 aliphatic carbocycles. The number of hydrogen-bond donors (Lipinski definition) is 1. The van der Waals surface area contributed by atoms with Crippen molar-refractivity contribution in [2.45, 2.75) is 52.2 Å². The molecule has 1 amide bonds. The fraction of sp³-hybridized carbons (Fsp3) is 0.600. The Balaban J connectivity index is 1.44. The van der Waals surface area contributed by atoms with Crippen molar-refractivity contribution >= 4 is 11.7 Å². The third-order valence-corrected chi connectivity index (χ3v) is 5.82. The highest BCUT2D eigenvalue weighted by molar-refractivity contribution is 5.90. The van der Waals surface area contributed by atoms with E-state index < -0.39 is 0 Å². The lowest BCUT2D eigenvalue weighted by atomic mass is 10.2.